The van der Waals surface area contributed by atoms with Crippen LogP contribution in [0.15, 0.2) is 12.4 Å². The van der Waals surface area contributed by atoms with E-state index in [1.165, 1.54) is 12.7 Å². The number of aromatic nitrogens is 2. The fraction of sp³-hybridized carbons (Fsp3) is 0.667. The van der Waals surface area contributed by atoms with Crippen molar-refractivity contribution in [2.45, 2.75) is 38.1 Å². The van der Waals surface area contributed by atoms with Crippen molar-refractivity contribution in [3.63, 3.8) is 0 Å². The quantitative estimate of drug-likeness (QED) is 0.784. The Hall–Kier alpha value is -1.36. The molecule has 1 saturated carbocycles. The van der Waals surface area contributed by atoms with Crippen molar-refractivity contribution in [1.82, 2.24) is 9.97 Å². The summed E-state index contributed by atoms with van der Waals surface area (Å²) >= 11 is 0. The van der Waals surface area contributed by atoms with Crippen LogP contribution in [0, 0.1) is 0 Å². The molecule has 0 saturated heterocycles. The van der Waals surface area contributed by atoms with Gasteiger partial charge in [0.2, 0.25) is 5.88 Å². The van der Waals surface area contributed by atoms with E-state index in [-0.39, 0.29) is 5.54 Å². The molecule has 2 rings (SSSR count). The van der Waals surface area contributed by atoms with Crippen LogP contribution in [-0.2, 0) is 0 Å². The first kappa shape index (κ1) is 12.1. The minimum atomic E-state index is -0.0462. The molecule has 1 aromatic rings. The molecule has 3 N–H and O–H groups in total. The third kappa shape index (κ3) is 3.30. The predicted molar refractivity (Wildman–Crippen MR) is 67.1 cm³/mol. The lowest BCUT2D eigenvalue weighted by Crippen LogP contribution is -2.52. The molecule has 94 valence electrons. The molecule has 1 heterocycles. The van der Waals surface area contributed by atoms with Gasteiger partial charge in [-0.05, 0) is 25.7 Å². The maximum Gasteiger partial charge on any atom is 0.218 e. The van der Waals surface area contributed by atoms with Crippen LogP contribution in [0.4, 0.5) is 5.82 Å². The fourth-order valence-corrected chi connectivity index (χ4v) is 1.80. The molecule has 0 bridgehead atoms. The van der Waals surface area contributed by atoms with Gasteiger partial charge in [0.15, 0.2) is 0 Å². The van der Waals surface area contributed by atoms with Crippen molar-refractivity contribution in [3.8, 4) is 5.88 Å². The minimum absolute atomic E-state index is 0.0462. The molecule has 0 amide bonds. The van der Waals surface area contributed by atoms with E-state index in [2.05, 4.69) is 22.2 Å². The summed E-state index contributed by atoms with van der Waals surface area (Å²) in [7, 11) is 0. The Morgan fingerprint density at radius 2 is 2.29 bits per heavy atom. The monoisotopic (exact) mass is 236 g/mol. The molecule has 5 heteroatoms. The Morgan fingerprint density at radius 3 is 2.94 bits per heavy atom. The van der Waals surface area contributed by atoms with Crippen LogP contribution in [0.1, 0.15) is 32.6 Å². The standard InChI is InChI=1S/C12H20N4O/c1-2-6-17-11-7-10(15-9-16-11)14-8-12(13)4-3-5-12/h7,9H,2-6,8,13H2,1H3,(H,14,15,16). The number of anilines is 1. The van der Waals surface area contributed by atoms with E-state index < -0.39 is 0 Å². The zero-order valence-corrected chi connectivity index (χ0v) is 10.3. The van der Waals surface area contributed by atoms with Gasteiger partial charge in [0.05, 0.1) is 6.61 Å². The normalized spacial score (nSPS) is 17.3. The van der Waals surface area contributed by atoms with Gasteiger partial charge >= 0.3 is 0 Å². The van der Waals surface area contributed by atoms with E-state index >= 15 is 0 Å². The van der Waals surface area contributed by atoms with Crippen LogP contribution in [0.2, 0.25) is 0 Å². The molecule has 1 aromatic heterocycles. The second-order valence-corrected chi connectivity index (χ2v) is 4.66. The van der Waals surface area contributed by atoms with Crippen LogP contribution in [-0.4, -0.2) is 28.7 Å². The van der Waals surface area contributed by atoms with Crippen LogP contribution in [0.3, 0.4) is 0 Å². The molecular weight excluding hydrogens is 216 g/mol. The first-order valence-electron chi connectivity index (χ1n) is 6.19. The highest BCUT2D eigenvalue weighted by molar-refractivity contribution is 5.37. The van der Waals surface area contributed by atoms with E-state index in [9.17, 15) is 0 Å². The van der Waals surface area contributed by atoms with Gasteiger partial charge in [-0.1, -0.05) is 6.92 Å². The van der Waals surface area contributed by atoms with Gasteiger partial charge in [0.25, 0.3) is 0 Å². The van der Waals surface area contributed by atoms with E-state index in [1.54, 1.807) is 0 Å². The SMILES string of the molecule is CCCOc1cc(NCC2(N)CCC2)ncn1. The Labute approximate surface area is 102 Å². The van der Waals surface area contributed by atoms with Crippen LogP contribution >= 0.6 is 0 Å². The highest BCUT2D eigenvalue weighted by atomic mass is 16.5. The van der Waals surface area contributed by atoms with E-state index in [4.69, 9.17) is 10.5 Å². The van der Waals surface area contributed by atoms with Gasteiger partial charge in [-0.3, -0.25) is 0 Å². The number of hydrogen-bond donors (Lipinski definition) is 2. The number of ether oxygens (including phenoxy) is 1. The van der Waals surface area contributed by atoms with Gasteiger partial charge < -0.3 is 15.8 Å². The second-order valence-electron chi connectivity index (χ2n) is 4.66. The van der Waals surface area contributed by atoms with E-state index in [0.717, 1.165) is 31.6 Å². The summed E-state index contributed by atoms with van der Waals surface area (Å²) in [6, 6.07) is 1.82. The van der Waals surface area contributed by atoms with E-state index in [1.807, 2.05) is 6.07 Å². The fourth-order valence-electron chi connectivity index (χ4n) is 1.80. The van der Waals surface area contributed by atoms with Crippen molar-refractivity contribution < 1.29 is 4.74 Å². The lowest BCUT2D eigenvalue weighted by molar-refractivity contribution is 0.265. The number of nitrogens with one attached hydrogen (secondary N) is 1. The second kappa shape index (κ2) is 5.31. The molecule has 0 aliphatic heterocycles. The van der Waals surface area contributed by atoms with Crippen molar-refractivity contribution in [1.29, 1.82) is 0 Å². The van der Waals surface area contributed by atoms with E-state index in [0.29, 0.717) is 12.5 Å². The molecule has 1 aliphatic carbocycles. The molecule has 1 aliphatic rings. The zero-order chi connectivity index (χ0) is 12.1. The number of nitrogens with two attached hydrogens (primary N) is 1. The summed E-state index contributed by atoms with van der Waals surface area (Å²) in [5.74, 6) is 1.40. The first-order chi connectivity index (χ1) is 8.22. The third-order valence-corrected chi connectivity index (χ3v) is 3.07. The lowest BCUT2D eigenvalue weighted by atomic mass is 9.78. The van der Waals surface area contributed by atoms with Crippen LogP contribution in [0.25, 0.3) is 0 Å². The van der Waals surface area contributed by atoms with Gasteiger partial charge in [-0.15, -0.1) is 0 Å². The first-order valence-corrected chi connectivity index (χ1v) is 6.19. The summed E-state index contributed by atoms with van der Waals surface area (Å²) in [5.41, 5.74) is 6.09. The number of nitrogens with zero attached hydrogens (tertiary/aromatic N) is 2. The molecular formula is C12H20N4O. The minimum Gasteiger partial charge on any atom is -0.478 e. The molecule has 0 spiro atoms. The molecule has 0 radical (unpaired) electrons. The van der Waals surface area contributed by atoms with Crippen molar-refractivity contribution in [2.24, 2.45) is 5.73 Å². The lowest BCUT2D eigenvalue weighted by Gasteiger charge is -2.38. The van der Waals surface area contributed by atoms with Crippen LogP contribution in [0.5, 0.6) is 5.88 Å². The third-order valence-electron chi connectivity index (χ3n) is 3.07. The molecule has 0 unspecified atom stereocenters. The summed E-state index contributed by atoms with van der Waals surface area (Å²) < 4.78 is 5.45. The largest absolute Gasteiger partial charge is 0.478 e. The van der Waals surface area contributed by atoms with Crippen LogP contribution < -0.4 is 15.8 Å². The van der Waals surface area contributed by atoms with Gasteiger partial charge in [-0.2, -0.15) is 0 Å². The van der Waals surface area contributed by atoms with Gasteiger partial charge in [-0.25, -0.2) is 9.97 Å². The average molecular weight is 236 g/mol. The summed E-state index contributed by atoms with van der Waals surface area (Å²) in [6.45, 7) is 3.50. The molecule has 17 heavy (non-hydrogen) atoms. The van der Waals surface area contributed by atoms with Gasteiger partial charge in [0.1, 0.15) is 12.1 Å². The molecule has 1 fully saturated rings. The Bertz CT molecular complexity index is 365. The highest BCUT2D eigenvalue weighted by Crippen LogP contribution is 2.29. The molecule has 5 nitrogen and oxygen atoms in total. The Morgan fingerprint density at radius 1 is 1.47 bits per heavy atom. The average Bonchev–Trinajstić information content (AvgIpc) is 2.32. The summed E-state index contributed by atoms with van der Waals surface area (Å²) in [5, 5.41) is 3.25. The van der Waals surface area contributed by atoms with Crippen molar-refractivity contribution >= 4 is 5.82 Å². The topological polar surface area (TPSA) is 73.1 Å². The maximum absolute atomic E-state index is 6.13. The van der Waals surface area contributed by atoms with Gasteiger partial charge in [0, 0.05) is 18.2 Å². The molecule has 0 atom stereocenters. The number of rotatable bonds is 6. The summed E-state index contributed by atoms with van der Waals surface area (Å²) in [6.07, 6.45) is 5.89. The Kier molecular flexibility index (Phi) is 3.78. The Balaban J connectivity index is 1.87. The highest BCUT2D eigenvalue weighted by Gasteiger charge is 2.32. The van der Waals surface area contributed by atoms with Crippen molar-refractivity contribution in [2.75, 3.05) is 18.5 Å². The summed E-state index contributed by atoms with van der Waals surface area (Å²) in [4.78, 5) is 8.20. The van der Waals surface area contributed by atoms with Crippen molar-refractivity contribution in [3.05, 3.63) is 12.4 Å². The number of hydrogen-bond acceptors (Lipinski definition) is 5. The zero-order valence-electron chi connectivity index (χ0n) is 10.3. The molecule has 0 aromatic carbocycles. The predicted octanol–water partition coefficient (Wildman–Crippen LogP) is 1.56. The maximum atomic E-state index is 6.13. The smallest absolute Gasteiger partial charge is 0.218 e.